The van der Waals surface area contributed by atoms with E-state index in [0.717, 1.165) is 30.6 Å². The second-order valence-corrected chi connectivity index (χ2v) is 6.05. The molecule has 2 rings (SSSR count). The minimum Gasteiger partial charge on any atom is -0.462 e. The van der Waals surface area contributed by atoms with Gasteiger partial charge in [0.15, 0.2) is 0 Å². The van der Waals surface area contributed by atoms with Crippen molar-refractivity contribution >= 4 is 28.2 Å². The SMILES string of the molecule is CCCc1cc(C(=O)OCC)c(NC(=O)C2CCCO2)s1. The first-order chi connectivity index (χ1) is 10.2. The quantitative estimate of drug-likeness (QED) is 0.820. The first-order valence-electron chi connectivity index (χ1n) is 7.38. The molecule has 1 amide bonds. The summed E-state index contributed by atoms with van der Waals surface area (Å²) in [5, 5.41) is 3.39. The third-order valence-corrected chi connectivity index (χ3v) is 4.34. The molecule has 1 unspecified atom stereocenters. The van der Waals surface area contributed by atoms with Gasteiger partial charge in [-0.25, -0.2) is 4.79 Å². The Bertz CT molecular complexity index is 506. The van der Waals surface area contributed by atoms with E-state index in [4.69, 9.17) is 9.47 Å². The van der Waals surface area contributed by atoms with Gasteiger partial charge >= 0.3 is 5.97 Å². The van der Waals surface area contributed by atoms with Crippen LogP contribution in [0.2, 0.25) is 0 Å². The molecule has 2 heterocycles. The molecule has 0 saturated carbocycles. The van der Waals surface area contributed by atoms with Crippen molar-refractivity contribution in [1.82, 2.24) is 0 Å². The summed E-state index contributed by atoms with van der Waals surface area (Å²) in [5.74, 6) is -0.568. The van der Waals surface area contributed by atoms with Crippen molar-refractivity contribution in [2.45, 2.75) is 45.6 Å². The van der Waals surface area contributed by atoms with Crippen molar-refractivity contribution < 1.29 is 19.1 Å². The molecule has 1 fully saturated rings. The fourth-order valence-electron chi connectivity index (χ4n) is 2.24. The van der Waals surface area contributed by atoms with E-state index in [1.807, 2.05) is 6.07 Å². The second kappa shape index (κ2) is 7.56. The zero-order valence-corrected chi connectivity index (χ0v) is 13.3. The van der Waals surface area contributed by atoms with Gasteiger partial charge in [-0.3, -0.25) is 4.79 Å². The summed E-state index contributed by atoms with van der Waals surface area (Å²) in [5.41, 5.74) is 0.441. The van der Waals surface area contributed by atoms with Crippen molar-refractivity contribution in [3.05, 3.63) is 16.5 Å². The predicted octanol–water partition coefficient (Wildman–Crippen LogP) is 2.99. The summed E-state index contributed by atoms with van der Waals surface area (Å²) in [6.07, 6.45) is 3.09. The van der Waals surface area contributed by atoms with E-state index in [9.17, 15) is 9.59 Å². The van der Waals surface area contributed by atoms with E-state index in [-0.39, 0.29) is 5.91 Å². The lowest BCUT2D eigenvalue weighted by atomic mass is 10.2. The molecule has 0 aliphatic carbocycles. The van der Waals surface area contributed by atoms with Crippen LogP contribution in [0.1, 0.15) is 48.3 Å². The Labute approximate surface area is 128 Å². The summed E-state index contributed by atoms with van der Waals surface area (Å²) in [7, 11) is 0. The number of hydrogen-bond acceptors (Lipinski definition) is 5. The molecule has 1 aliphatic heterocycles. The number of rotatable bonds is 6. The number of thiophene rings is 1. The zero-order chi connectivity index (χ0) is 15.2. The highest BCUT2D eigenvalue weighted by Crippen LogP contribution is 2.30. The Hall–Kier alpha value is -1.40. The lowest BCUT2D eigenvalue weighted by molar-refractivity contribution is -0.124. The molecule has 1 aliphatic rings. The van der Waals surface area contributed by atoms with E-state index in [1.54, 1.807) is 6.92 Å². The fourth-order valence-corrected chi connectivity index (χ4v) is 3.39. The highest BCUT2D eigenvalue weighted by molar-refractivity contribution is 7.16. The first-order valence-corrected chi connectivity index (χ1v) is 8.19. The molecule has 21 heavy (non-hydrogen) atoms. The van der Waals surface area contributed by atoms with E-state index >= 15 is 0 Å². The van der Waals surface area contributed by atoms with Gasteiger partial charge in [0.1, 0.15) is 11.1 Å². The lowest BCUT2D eigenvalue weighted by Crippen LogP contribution is -2.27. The van der Waals surface area contributed by atoms with E-state index in [0.29, 0.717) is 23.8 Å². The summed E-state index contributed by atoms with van der Waals surface area (Å²) < 4.78 is 10.4. The second-order valence-electron chi connectivity index (χ2n) is 4.92. The van der Waals surface area contributed by atoms with Crippen molar-refractivity contribution in [3.63, 3.8) is 0 Å². The molecule has 1 aromatic rings. The maximum absolute atomic E-state index is 12.1. The minimum absolute atomic E-state index is 0.178. The number of esters is 1. The average Bonchev–Trinajstić information content (AvgIpc) is 3.09. The van der Waals surface area contributed by atoms with Crippen LogP contribution in [0, 0.1) is 0 Å². The monoisotopic (exact) mass is 311 g/mol. The van der Waals surface area contributed by atoms with Crippen LogP contribution >= 0.6 is 11.3 Å². The highest BCUT2D eigenvalue weighted by Gasteiger charge is 2.26. The molecule has 1 aromatic heterocycles. The maximum Gasteiger partial charge on any atom is 0.341 e. The van der Waals surface area contributed by atoms with Gasteiger partial charge in [0.2, 0.25) is 0 Å². The predicted molar refractivity (Wildman–Crippen MR) is 81.9 cm³/mol. The standard InChI is InChI=1S/C15H21NO4S/c1-3-6-10-9-11(15(18)19-4-2)14(21-10)16-13(17)12-7-5-8-20-12/h9,12H,3-8H2,1-2H3,(H,16,17). The lowest BCUT2D eigenvalue weighted by Gasteiger charge is -2.10. The van der Waals surface area contributed by atoms with Crippen LogP contribution in [-0.4, -0.2) is 31.2 Å². The number of ether oxygens (including phenoxy) is 2. The maximum atomic E-state index is 12.1. The molecular formula is C15H21NO4S. The molecule has 0 bridgehead atoms. The molecule has 1 N–H and O–H groups in total. The molecule has 1 saturated heterocycles. The summed E-state index contributed by atoms with van der Waals surface area (Å²) >= 11 is 1.44. The molecule has 0 radical (unpaired) electrons. The van der Waals surface area contributed by atoms with Crippen molar-refractivity contribution in [2.24, 2.45) is 0 Å². The number of carbonyl (C=O) groups excluding carboxylic acids is 2. The molecule has 0 spiro atoms. The van der Waals surface area contributed by atoms with E-state index < -0.39 is 12.1 Å². The van der Waals surface area contributed by atoms with Crippen molar-refractivity contribution in [3.8, 4) is 0 Å². The van der Waals surface area contributed by atoms with Gasteiger partial charge < -0.3 is 14.8 Å². The Balaban J connectivity index is 2.15. The van der Waals surface area contributed by atoms with Gasteiger partial charge in [-0.15, -0.1) is 11.3 Å². The van der Waals surface area contributed by atoms with Crippen molar-refractivity contribution in [2.75, 3.05) is 18.5 Å². The smallest absolute Gasteiger partial charge is 0.341 e. The summed E-state index contributed by atoms with van der Waals surface area (Å²) in [6.45, 7) is 4.78. The Morgan fingerprint density at radius 2 is 2.29 bits per heavy atom. The van der Waals surface area contributed by atoms with Crippen molar-refractivity contribution in [1.29, 1.82) is 0 Å². The minimum atomic E-state index is -0.406. The van der Waals surface area contributed by atoms with E-state index in [1.165, 1.54) is 11.3 Å². The fraction of sp³-hybridized carbons (Fsp3) is 0.600. The molecule has 116 valence electrons. The van der Waals surface area contributed by atoms with Crippen LogP contribution in [0.5, 0.6) is 0 Å². The van der Waals surface area contributed by atoms with Gasteiger partial charge in [0.05, 0.1) is 12.2 Å². The van der Waals surface area contributed by atoms with Crippen LogP contribution in [0.3, 0.4) is 0 Å². The largest absolute Gasteiger partial charge is 0.462 e. The van der Waals surface area contributed by atoms with Crippen LogP contribution < -0.4 is 5.32 Å². The van der Waals surface area contributed by atoms with Gasteiger partial charge in [0.25, 0.3) is 5.91 Å². The summed E-state index contributed by atoms with van der Waals surface area (Å²) in [6, 6.07) is 1.82. The molecule has 5 nitrogen and oxygen atoms in total. The molecular weight excluding hydrogens is 290 g/mol. The zero-order valence-electron chi connectivity index (χ0n) is 12.4. The van der Waals surface area contributed by atoms with Crippen LogP contribution in [0.15, 0.2) is 6.07 Å². The van der Waals surface area contributed by atoms with E-state index in [2.05, 4.69) is 12.2 Å². The third kappa shape index (κ3) is 4.04. The number of nitrogens with one attached hydrogen (secondary N) is 1. The Kier molecular flexibility index (Phi) is 5.76. The Morgan fingerprint density at radius 1 is 1.48 bits per heavy atom. The van der Waals surface area contributed by atoms with Crippen LogP contribution in [0.25, 0.3) is 0 Å². The normalized spacial score (nSPS) is 17.7. The number of anilines is 1. The molecule has 0 aromatic carbocycles. The number of carbonyl (C=O) groups is 2. The Morgan fingerprint density at radius 3 is 2.90 bits per heavy atom. The summed E-state index contributed by atoms with van der Waals surface area (Å²) in [4.78, 5) is 25.2. The number of amides is 1. The van der Waals surface area contributed by atoms with Crippen LogP contribution in [-0.2, 0) is 20.7 Å². The van der Waals surface area contributed by atoms with Gasteiger partial charge in [-0.05, 0) is 32.3 Å². The average molecular weight is 311 g/mol. The molecule has 1 atom stereocenters. The topological polar surface area (TPSA) is 64.6 Å². The third-order valence-electron chi connectivity index (χ3n) is 3.23. The number of hydrogen-bond donors (Lipinski definition) is 1. The van der Waals surface area contributed by atoms with Gasteiger partial charge in [-0.2, -0.15) is 0 Å². The van der Waals surface area contributed by atoms with Crippen LogP contribution in [0.4, 0.5) is 5.00 Å². The highest BCUT2D eigenvalue weighted by atomic mass is 32.1. The first kappa shape index (κ1) is 16.0. The van der Waals surface area contributed by atoms with Gasteiger partial charge in [0, 0.05) is 11.5 Å². The number of aryl methyl sites for hydroxylation is 1. The van der Waals surface area contributed by atoms with Gasteiger partial charge in [-0.1, -0.05) is 13.3 Å². The molecule has 6 heteroatoms.